The van der Waals surface area contributed by atoms with Gasteiger partial charge in [-0.3, -0.25) is 0 Å². The van der Waals surface area contributed by atoms with Gasteiger partial charge in [-0.2, -0.15) is 13.2 Å². The van der Waals surface area contributed by atoms with E-state index in [-0.39, 0.29) is 11.0 Å². The van der Waals surface area contributed by atoms with E-state index in [0.717, 1.165) is 4.90 Å². The van der Waals surface area contributed by atoms with Gasteiger partial charge in [0.25, 0.3) is 0 Å². The maximum absolute atomic E-state index is 12.7. The lowest BCUT2D eigenvalue weighted by Gasteiger charge is -2.08. The number of H-pyrrole nitrogens is 1. The van der Waals surface area contributed by atoms with E-state index in [1.807, 2.05) is 24.5 Å². The molecule has 2 amide bonds. The molecule has 3 rings (SSSR count). The van der Waals surface area contributed by atoms with E-state index in [9.17, 15) is 18.0 Å². The molecule has 3 N–H and O–H groups in total. The highest BCUT2D eigenvalue weighted by Crippen LogP contribution is 2.29. The van der Waals surface area contributed by atoms with Gasteiger partial charge < -0.3 is 15.6 Å². The highest BCUT2D eigenvalue weighted by atomic mass is 32.2. The van der Waals surface area contributed by atoms with Gasteiger partial charge in [0.1, 0.15) is 0 Å². The van der Waals surface area contributed by atoms with E-state index in [4.69, 9.17) is 0 Å². The summed E-state index contributed by atoms with van der Waals surface area (Å²) in [6, 6.07) is 11.1. The molecule has 0 aliphatic heterocycles. The highest BCUT2D eigenvalue weighted by Gasteiger charge is 2.34. The Hall–Kier alpha value is -2.68. The Bertz CT molecular complexity index is 923. The van der Waals surface area contributed by atoms with Crippen molar-refractivity contribution in [3.63, 3.8) is 0 Å². The number of urea groups is 1. The second kappa shape index (κ2) is 6.67. The molecule has 0 fully saturated rings. The number of carbonyl (C=O) groups excluding carboxylic acids is 1. The minimum atomic E-state index is -4.55. The summed E-state index contributed by atoms with van der Waals surface area (Å²) in [6.07, 6.45) is -2.62. The molecule has 5 nitrogen and oxygen atoms in total. The summed E-state index contributed by atoms with van der Waals surface area (Å²) in [4.78, 5) is 18.7. The second-order valence-electron chi connectivity index (χ2n) is 5.13. The molecule has 0 aliphatic carbocycles. The van der Waals surface area contributed by atoms with E-state index in [1.54, 1.807) is 17.8 Å². The number of fused-ring (bicyclic) bond motifs is 1. The molecule has 130 valence electrons. The summed E-state index contributed by atoms with van der Waals surface area (Å²) in [5, 5.41) is 5.26. The standard InChI is InChI=1S/C16H13F3N4OS/c1-25-11-4-2-3-9(7-11)20-15(24)21-10-5-6-12-13(8-10)23-14(22-12)16(17,18)19/h2-8H,1H3,(H,22,23)(H2,20,21,24). The molecule has 0 aliphatic rings. The van der Waals surface area contributed by atoms with Crippen LogP contribution >= 0.6 is 11.8 Å². The van der Waals surface area contributed by atoms with Crippen LogP contribution in [0.4, 0.5) is 29.3 Å². The van der Waals surface area contributed by atoms with Crippen LogP contribution < -0.4 is 10.6 Å². The molecule has 0 spiro atoms. The quantitative estimate of drug-likeness (QED) is 0.575. The van der Waals surface area contributed by atoms with Crippen molar-refractivity contribution in [2.24, 2.45) is 0 Å². The van der Waals surface area contributed by atoms with Gasteiger partial charge in [0, 0.05) is 16.3 Å². The number of thioether (sulfide) groups is 1. The first-order chi connectivity index (χ1) is 11.8. The largest absolute Gasteiger partial charge is 0.449 e. The summed E-state index contributed by atoms with van der Waals surface area (Å²) in [6.45, 7) is 0. The van der Waals surface area contributed by atoms with Crippen molar-refractivity contribution in [1.82, 2.24) is 9.97 Å². The van der Waals surface area contributed by atoms with E-state index in [0.29, 0.717) is 11.4 Å². The smallest absolute Gasteiger partial charge is 0.334 e. The van der Waals surface area contributed by atoms with Crippen LogP contribution in [0, 0.1) is 0 Å². The Kier molecular flexibility index (Phi) is 4.58. The van der Waals surface area contributed by atoms with E-state index in [1.165, 1.54) is 18.2 Å². The average molecular weight is 366 g/mol. The van der Waals surface area contributed by atoms with Crippen LogP contribution in [0.5, 0.6) is 0 Å². The fraction of sp³-hybridized carbons (Fsp3) is 0.125. The maximum Gasteiger partial charge on any atom is 0.449 e. The summed E-state index contributed by atoms with van der Waals surface area (Å²) in [7, 11) is 0. The monoisotopic (exact) mass is 366 g/mol. The molecule has 0 unspecified atom stereocenters. The van der Waals surface area contributed by atoms with E-state index < -0.39 is 18.0 Å². The van der Waals surface area contributed by atoms with Crippen molar-refractivity contribution in [1.29, 1.82) is 0 Å². The normalized spacial score (nSPS) is 11.5. The van der Waals surface area contributed by atoms with Crippen LogP contribution in [0.15, 0.2) is 47.4 Å². The number of alkyl halides is 3. The summed E-state index contributed by atoms with van der Waals surface area (Å²) >= 11 is 1.55. The number of rotatable bonds is 3. The fourth-order valence-corrected chi connectivity index (χ4v) is 2.68. The zero-order valence-electron chi connectivity index (χ0n) is 12.9. The lowest BCUT2D eigenvalue weighted by Crippen LogP contribution is -2.19. The summed E-state index contributed by atoms with van der Waals surface area (Å²) in [5.41, 5.74) is 1.33. The van der Waals surface area contributed by atoms with Crippen molar-refractivity contribution >= 4 is 40.2 Å². The number of anilines is 2. The number of nitrogens with one attached hydrogen (secondary N) is 3. The fourth-order valence-electron chi connectivity index (χ4n) is 2.22. The van der Waals surface area contributed by atoms with Crippen LogP contribution in [-0.2, 0) is 6.18 Å². The van der Waals surface area contributed by atoms with E-state index >= 15 is 0 Å². The van der Waals surface area contributed by atoms with Gasteiger partial charge in [-0.05, 0) is 42.7 Å². The zero-order valence-corrected chi connectivity index (χ0v) is 13.8. The number of aromatic amines is 1. The lowest BCUT2D eigenvalue weighted by atomic mass is 10.3. The third kappa shape index (κ3) is 4.05. The van der Waals surface area contributed by atoms with Gasteiger partial charge in [0.05, 0.1) is 11.0 Å². The Labute approximate surface area is 145 Å². The van der Waals surface area contributed by atoms with Crippen molar-refractivity contribution in [3.05, 3.63) is 48.3 Å². The molecule has 9 heteroatoms. The molecule has 2 aromatic carbocycles. The minimum Gasteiger partial charge on any atom is -0.334 e. The van der Waals surface area contributed by atoms with Crippen molar-refractivity contribution in [2.45, 2.75) is 11.1 Å². The van der Waals surface area contributed by atoms with Gasteiger partial charge in [0.15, 0.2) is 0 Å². The van der Waals surface area contributed by atoms with Gasteiger partial charge in [-0.25, -0.2) is 9.78 Å². The number of aromatic nitrogens is 2. The molecule has 3 aromatic rings. The first kappa shape index (κ1) is 17.2. The van der Waals surface area contributed by atoms with Gasteiger partial charge in [-0.15, -0.1) is 11.8 Å². The third-order valence-electron chi connectivity index (χ3n) is 3.34. The molecule has 0 radical (unpaired) electrons. The zero-order chi connectivity index (χ0) is 18.0. The van der Waals surface area contributed by atoms with Crippen LogP contribution in [0.2, 0.25) is 0 Å². The predicted molar refractivity (Wildman–Crippen MR) is 92.0 cm³/mol. The number of halogens is 3. The average Bonchev–Trinajstić information content (AvgIpc) is 2.98. The molecular weight excluding hydrogens is 353 g/mol. The molecule has 0 bridgehead atoms. The van der Waals surface area contributed by atoms with Crippen molar-refractivity contribution in [2.75, 3.05) is 16.9 Å². The first-order valence-electron chi connectivity index (χ1n) is 7.14. The second-order valence-corrected chi connectivity index (χ2v) is 6.01. The molecule has 1 heterocycles. The Morgan fingerprint density at radius 1 is 1.12 bits per heavy atom. The summed E-state index contributed by atoms with van der Waals surface area (Å²) < 4.78 is 38.0. The van der Waals surface area contributed by atoms with E-state index in [2.05, 4.69) is 20.6 Å². The maximum atomic E-state index is 12.7. The summed E-state index contributed by atoms with van der Waals surface area (Å²) in [5.74, 6) is -1.07. The predicted octanol–water partition coefficient (Wildman–Crippen LogP) is 4.95. The van der Waals surface area contributed by atoms with Crippen molar-refractivity contribution in [3.8, 4) is 0 Å². The Morgan fingerprint density at radius 2 is 1.84 bits per heavy atom. The Morgan fingerprint density at radius 3 is 2.52 bits per heavy atom. The van der Waals surface area contributed by atoms with Crippen LogP contribution in [0.25, 0.3) is 11.0 Å². The molecule has 1 aromatic heterocycles. The van der Waals surface area contributed by atoms with Crippen LogP contribution in [0.3, 0.4) is 0 Å². The Balaban J connectivity index is 1.74. The number of hydrogen-bond acceptors (Lipinski definition) is 3. The van der Waals surface area contributed by atoms with Crippen molar-refractivity contribution < 1.29 is 18.0 Å². The van der Waals surface area contributed by atoms with Gasteiger partial charge in [-0.1, -0.05) is 6.07 Å². The van der Waals surface area contributed by atoms with Crippen LogP contribution in [-0.4, -0.2) is 22.3 Å². The number of nitrogens with zero attached hydrogens (tertiary/aromatic N) is 1. The number of imidazole rings is 1. The van der Waals surface area contributed by atoms with Gasteiger partial charge >= 0.3 is 12.2 Å². The molecule has 0 saturated heterocycles. The molecular formula is C16H13F3N4OS. The molecule has 0 saturated carbocycles. The number of hydrogen-bond donors (Lipinski definition) is 3. The number of carbonyl (C=O) groups is 1. The minimum absolute atomic E-state index is 0.172. The van der Waals surface area contributed by atoms with Crippen LogP contribution in [0.1, 0.15) is 5.82 Å². The lowest BCUT2D eigenvalue weighted by molar-refractivity contribution is -0.144. The molecule has 25 heavy (non-hydrogen) atoms. The molecule has 0 atom stereocenters. The first-order valence-corrected chi connectivity index (χ1v) is 8.36. The SMILES string of the molecule is CSc1cccc(NC(=O)Nc2ccc3nc(C(F)(F)F)[nH]c3c2)c1. The topological polar surface area (TPSA) is 69.8 Å². The number of amides is 2. The number of benzene rings is 2. The highest BCUT2D eigenvalue weighted by molar-refractivity contribution is 7.98. The third-order valence-corrected chi connectivity index (χ3v) is 4.06. The van der Waals surface area contributed by atoms with Gasteiger partial charge in [0.2, 0.25) is 5.82 Å².